The Bertz CT molecular complexity index is 1250. The maximum atomic E-state index is 12.9. The van der Waals surface area contributed by atoms with Crippen molar-refractivity contribution < 1.29 is 34.0 Å². The number of nitrogens with zero attached hydrogens (tertiary/aromatic N) is 1. The van der Waals surface area contributed by atoms with Crippen LogP contribution in [-0.2, 0) is 23.8 Å². The number of aliphatic carboxylic acids is 1. The first kappa shape index (κ1) is 32.0. The van der Waals surface area contributed by atoms with Gasteiger partial charge in [0.05, 0.1) is 37.6 Å². The van der Waals surface area contributed by atoms with E-state index in [4.69, 9.17) is 14.2 Å². The van der Waals surface area contributed by atoms with Gasteiger partial charge in [0.2, 0.25) is 5.91 Å². The molecule has 4 unspecified atom stereocenters. The van der Waals surface area contributed by atoms with E-state index in [0.29, 0.717) is 67.5 Å². The Kier molecular flexibility index (Phi) is 7.40. The highest BCUT2D eigenvalue weighted by Crippen LogP contribution is 2.89. The van der Waals surface area contributed by atoms with E-state index >= 15 is 0 Å². The molecule has 0 aromatic heterocycles. The zero-order chi connectivity index (χ0) is 32.4. The van der Waals surface area contributed by atoms with Crippen molar-refractivity contribution in [1.82, 2.24) is 4.90 Å². The molecule has 6 aliphatic carbocycles. The standard InChI is InChI=1S/C38H59NO7/c1-22-18-24(8-11-29(41)42)45-32-31(22)35(4)14-15-38-21-37(38)13-12-27(34(2,3)25(37)9-10-26(38)36(35,5)33(32)43)46-30-20-39(16-17-44-30)28(40)19-23-6-7-23/h22-27,30-33,43H,6-21H2,1-5H3,(H,41,42)/t22-,24+,25+,26+,27?,30?,31?,32+,33+,35-,36-,37?,38+/m1/s1. The minimum absolute atomic E-state index is 0.00923. The van der Waals surface area contributed by atoms with Gasteiger partial charge >= 0.3 is 5.97 Å². The lowest BCUT2D eigenvalue weighted by Crippen LogP contribution is -2.60. The van der Waals surface area contributed by atoms with Crippen molar-refractivity contribution in [2.24, 2.45) is 56.7 Å². The Morgan fingerprint density at radius 1 is 0.978 bits per heavy atom. The molecule has 8 rings (SSSR count). The summed E-state index contributed by atoms with van der Waals surface area (Å²) < 4.78 is 19.6. The monoisotopic (exact) mass is 641 g/mol. The number of carboxylic acid groups (broad SMARTS) is 1. The van der Waals surface area contributed by atoms with Gasteiger partial charge < -0.3 is 29.3 Å². The average molecular weight is 642 g/mol. The fourth-order valence-electron chi connectivity index (χ4n) is 13.9. The molecule has 0 aromatic carbocycles. The number of amides is 1. The predicted octanol–water partition coefficient (Wildman–Crippen LogP) is 6.03. The number of fused-ring (bicyclic) bond motifs is 4. The Labute approximate surface area is 275 Å². The molecule has 8 fully saturated rings. The zero-order valence-corrected chi connectivity index (χ0v) is 29.0. The zero-order valence-electron chi connectivity index (χ0n) is 29.0. The van der Waals surface area contributed by atoms with Gasteiger partial charge in [0, 0.05) is 24.8 Å². The number of aliphatic hydroxyl groups excluding tert-OH is 1. The highest BCUT2D eigenvalue weighted by atomic mass is 16.7. The number of carboxylic acids is 1. The Balaban J connectivity index is 0.995. The number of carbonyl (C=O) groups excluding carboxylic acids is 1. The second-order valence-electron chi connectivity index (χ2n) is 18.5. The van der Waals surface area contributed by atoms with Crippen LogP contribution >= 0.6 is 0 Å². The molecule has 8 nitrogen and oxygen atoms in total. The number of carbonyl (C=O) groups is 2. The maximum Gasteiger partial charge on any atom is 0.303 e. The second-order valence-corrected chi connectivity index (χ2v) is 18.5. The smallest absolute Gasteiger partial charge is 0.303 e. The van der Waals surface area contributed by atoms with E-state index in [1.807, 2.05) is 4.90 Å². The summed E-state index contributed by atoms with van der Waals surface area (Å²) in [5.74, 6) is 1.86. The second kappa shape index (κ2) is 10.6. The first-order valence-corrected chi connectivity index (χ1v) is 18.9. The van der Waals surface area contributed by atoms with E-state index in [1.165, 1.54) is 38.5 Å². The summed E-state index contributed by atoms with van der Waals surface area (Å²) in [5, 5.41) is 21.7. The summed E-state index contributed by atoms with van der Waals surface area (Å²) >= 11 is 0. The molecule has 0 bridgehead atoms. The first-order chi connectivity index (χ1) is 21.8. The highest BCUT2D eigenvalue weighted by molar-refractivity contribution is 5.76. The van der Waals surface area contributed by atoms with E-state index in [2.05, 4.69) is 34.6 Å². The fourth-order valence-corrected chi connectivity index (χ4v) is 13.9. The molecule has 0 radical (unpaired) electrons. The Hall–Kier alpha value is -1.22. The molecular formula is C38H59NO7. The van der Waals surface area contributed by atoms with Crippen molar-refractivity contribution in [2.75, 3.05) is 19.7 Å². The van der Waals surface area contributed by atoms with Crippen molar-refractivity contribution in [2.45, 2.75) is 149 Å². The van der Waals surface area contributed by atoms with Gasteiger partial charge in [0.15, 0.2) is 6.29 Å². The summed E-state index contributed by atoms with van der Waals surface area (Å²) in [4.78, 5) is 26.2. The molecule has 258 valence electrons. The summed E-state index contributed by atoms with van der Waals surface area (Å²) in [5.41, 5.74) is 0.398. The highest BCUT2D eigenvalue weighted by Gasteiger charge is 2.84. The Morgan fingerprint density at radius 2 is 1.72 bits per heavy atom. The minimum atomic E-state index is -0.772. The normalized spacial score (nSPS) is 52.0. The largest absolute Gasteiger partial charge is 0.481 e. The van der Waals surface area contributed by atoms with Gasteiger partial charge in [-0.15, -0.1) is 0 Å². The lowest BCUT2D eigenvalue weighted by Gasteiger charge is -2.64. The summed E-state index contributed by atoms with van der Waals surface area (Å²) in [6.45, 7) is 13.9. The van der Waals surface area contributed by atoms with Gasteiger partial charge in [-0.1, -0.05) is 34.6 Å². The quantitative estimate of drug-likeness (QED) is 0.350. The molecule has 6 saturated carbocycles. The van der Waals surface area contributed by atoms with E-state index in [-0.39, 0.29) is 58.6 Å². The molecule has 46 heavy (non-hydrogen) atoms. The van der Waals surface area contributed by atoms with Crippen LogP contribution in [-0.4, -0.2) is 77.4 Å². The maximum absolute atomic E-state index is 12.9. The summed E-state index contributed by atoms with van der Waals surface area (Å²) in [6, 6.07) is 0. The van der Waals surface area contributed by atoms with Crippen LogP contribution < -0.4 is 0 Å². The van der Waals surface area contributed by atoms with Crippen LogP contribution in [0.4, 0.5) is 0 Å². The summed E-state index contributed by atoms with van der Waals surface area (Å²) in [7, 11) is 0. The third kappa shape index (κ3) is 4.37. The van der Waals surface area contributed by atoms with Gasteiger partial charge in [-0.25, -0.2) is 0 Å². The van der Waals surface area contributed by atoms with Crippen LogP contribution in [0.15, 0.2) is 0 Å². The van der Waals surface area contributed by atoms with Gasteiger partial charge in [-0.05, 0) is 122 Å². The number of aliphatic hydroxyl groups is 1. The van der Waals surface area contributed by atoms with Crippen molar-refractivity contribution in [3.63, 3.8) is 0 Å². The lowest BCUT2D eigenvalue weighted by molar-refractivity contribution is -0.248. The van der Waals surface area contributed by atoms with Crippen LogP contribution in [0, 0.1) is 56.7 Å². The molecule has 8 aliphatic rings. The molecule has 8 heteroatoms. The number of morpholine rings is 1. The molecule has 2 saturated heterocycles. The van der Waals surface area contributed by atoms with Gasteiger partial charge in [-0.3, -0.25) is 9.59 Å². The topological polar surface area (TPSA) is 106 Å². The van der Waals surface area contributed by atoms with Crippen molar-refractivity contribution in [3.05, 3.63) is 0 Å². The minimum Gasteiger partial charge on any atom is -0.481 e. The van der Waals surface area contributed by atoms with Gasteiger partial charge in [-0.2, -0.15) is 0 Å². The lowest BCUT2D eigenvalue weighted by atomic mass is 9.41. The van der Waals surface area contributed by atoms with Crippen molar-refractivity contribution in [1.29, 1.82) is 0 Å². The number of ether oxygens (including phenoxy) is 3. The molecular weight excluding hydrogens is 582 g/mol. The van der Waals surface area contributed by atoms with Gasteiger partial charge in [0.25, 0.3) is 0 Å². The molecule has 2 aliphatic heterocycles. The Morgan fingerprint density at radius 3 is 2.46 bits per heavy atom. The van der Waals surface area contributed by atoms with Crippen molar-refractivity contribution >= 4 is 11.9 Å². The average Bonchev–Trinajstić information content (AvgIpc) is 3.93. The molecule has 1 amide bonds. The van der Waals surface area contributed by atoms with E-state index in [1.54, 1.807) is 0 Å². The molecule has 2 spiro atoms. The number of hydrogen-bond acceptors (Lipinski definition) is 6. The van der Waals surface area contributed by atoms with Crippen LogP contribution in [0.25, 0.3) is 0 Å². The van der Waals surface area contributed by atoms with E-state index in [0.717, 1.165) is 25.7 Å². The number of rotatable bonds is 7. The van der Waals surface area contributed by atoms with E-state index in [9.17, 15) is 19.8 Å². The molecule has 0 aromatic rings. The van der Waals surface area contributed by atoms with Crippen LogP contribution in [0.1, 0.15) is 118 Å². The fraction of sp³-hybridized carbons (Fsp3) is 0.947. The SMILES string of the molecule is C[C@@H]1C[C@H](CCC(=O)O)O[C@H]2C1[C@@]1(C)CC[C@@]34CC35CCC(OC3CN(C(=O)CC6CC6)CCO3)C(C)(C)[C@@H]5CC[C@H]4[C@]1(C)[C@H]2O. The molecule has 2 heterocycles. The first-order valence-electron chi connectivity index (χ1n) is 18.9. The third-order valence-electron chi connectivity index (χ3n) is 16.4. The predicted molar refractivity (Wildman–Crippen MR) is 172 cm³/mol. The van der Waals surface area contributed by atoms with Crippen LogP contribution in [0.2, 0.25) is 0 Å². The number of hydrogen-bond donors (Lipinski definition) is 2. The summed E-state index contributed by atoms with van der Waals surface area (Å²) in [6.07, 6.45) is 11.8. The van der Waals surface area contributed by atoms with E-state index < -0.39 is 12.1 Å². The van der Waals surface area contributed by atoms with Crippen LogP contribution in [0.5, 0.6) is 0 Å². The van der Waals surface area contributed by atoms with Crippen molar-refractivity contribution in [3.8, 4) is 0 Å². The van der Waals surface area contributed by atoms with Crippen LogP contribution in [0.3, 0.4) is 0 Å². The third-order valence-corrected chi connectivity index (χ3v) is 16.4. The van der Waals surface area contributed by atoms with Gasteiger partial charge in [0.1, 0.15) is 0 Å². The molecule has 13 atom stereocenters. The molecule has 2 N–H and O–H groups in total.